The highest BCUT2D eigenvalue weighted by molar-refractivity contribution is 5.60. The number of hydrogen-bond donors (Lipinski definition) is 1. The molecule has 0 aromatic carbocycles. The largest absolute Gasteiger partial charge is 0.374 e. The van der Waals surface area contributed by atoms with Crippen LogP contribution in [0, 0.1) is 0 Å². The molecule has 0 radical (unpaired) electrons. The Balaban J connectivity index is 2.47. The van der Waals surface area contributed by atoms with Crippen LogP contribution in [0.1, 0.15) is 18.9 Å². The second-order valence-electron chi connectivity index (χ2n) is 4.03. The number of methoxy groups -OCH3 is 1. The van der Waals surface area contributed by atoms with Gasteiger partial charge in [0.15, 0.2) is 5.82 Å². The zero-order valence-corrected chi connectivity index (χ0v) is 11.0. The summed E-state index contributed by atoms with van der Waals surface area (Å²) in [7, 11) is 5.35. The molecule has 1 N–H and O–H groups in total. The summed E-state index contributed by atoms with van der Waals surface area (Å²) in [4.78, 5) is 8.89. The van der Waals surface area contributed by atoms with Gasteiger partial charge in [-0.2, -0.15) is 5.10 Å². The number of anilines is 1. The van der Waals surface area contributed by atoms with Crippen LogP contribution in [0.4, 0.5) is 5.82 Å². The summed E-state index contributed by atoms with van der Waals surface area (Å²) in [5, 5.41) is 7.18. The van der Waals surface area contributed by atoms with Crippen LogP contribution >= 0.6 is 0 Å². The minimum atomic E-state index is -0.145. The van der Waals surface area contributed by atoms with Crippen molar-refractivity contribution in [3.63, 3.8) is 0 Å². The third-order valence-corrected chi connectivity index (χ3v) is 2.72. The van der Waals surface area contributed by atoms with Crippen LogP contribution in [0.15, 0.2) is 18.5 Å². The summed E-state index contributed by atoms with van der Waals surface area (Å²) < 4.78 is 7.00. The third kappa shape index (κ3) is 2.48. The minimum absolute atomic E-state index is 0.145. The Kier molecular flexibility index (Phi) is 3.57. The molecule has 96 valence electrons. The summed E-state index contributed by atoms with van der Waals surface area (Å²) in [5.74, 6) is 1.42. The fraction of sp³-hybridized carbons (Fsp3) is 0.417. The average Bonchev–Trinajstić information content (AvgIpc) is 2.84. The van der Waals surface area contributed by atoms with E-state index in [0.29, 0.717) is 5.82 Å². The molecule has 0 fully saturated rings. The Bertz CT molecular complexity index is 537. The fourth-order valence-corrected chi connectivity index (χ4v) is 1.58. The Morgan fingerprint density at radius 3 is 2.72 bits per heavy atom. The van der Waals surface area contributed by atoms with Crippen molar-refractivity contribution in [3.8, 4) is 11.3 Å². The van der Waals surface area contributed by atoms with Crippen molar-refractivity contribution in [2.45, 2.75) is 13.0 Å². The number of nitrogens with one attached hydrogen (secondary N) is 1. The maximum absolute atomic E-state index is 5.26. The molecule has 0 aliphatic heterocycles. The quantitative estimate of drug-likeness (QED) is 0.889. The van der Waals surface area contributed by atoms with Crippen molar-refractivity contribution in [3.05, 3.63) is 24.3 Å². The molecule has 18 heavy (non-hydrogen) atoms. The fourth-order valence-electron chi connectivity index (χ4n) is 1.58. The first-order valence-corrected chi connectivity index (χ1v) is 5.72. The summed E-state index contributed by atoms with van der Waals surface area (Å²) in [6.07, 6.45) is 3.56. The van der Waals surface area contributed by atoms with Crippen molar-refractivity contribution in [2.24, 2.45) is 7.05 Å². The van der Waals surface area contributed by atoms with Gasteiger partial charge in [-0.1, -0.05) is 0 Å². The maximum Gasteiger partial charge on any atom is 0.159 e. The monoisotopic (exact) mass is 247 g/mol. The van der Waals surface area contributed by atoms with Gasteiger partial charge in [-0.3, -0.25) is 4.68 Å². The Morgan fingerprint density at radius 1 is 1.39 bits per heavy atom. The third-order valence-electron chi connectivity index (χ3n) is 2.72. The van der Waals surface area contributed by atoms with Gasteiger partial charge in [0.05, 0.1) is 11.9 Å². The molecule has 1 unspecified atom stereocenters. The highest BCUT2D eigenvalue weighted by Crippen LogP contribution is 2.22. The summed E-state index contributed by atoms with van der Waals surface area (Å²) in [6.45, 7) is 1.92. The van der Waals surface area contributed by atoms with Gasteiger partial charge in [-0.25, -0.2) is 9.97 Å². The molecule has 6 nitrogen and oxygen atoms in total. The number of ether oxygens (including phenoxy) is 1. The molecule has 2 aromatic rings. The lowest BCUT2D eigenvalue weighted by Crippen LogP contribution is -2.06. The highest BCUT2D eigenvalue weighted by Gasteiger charge is 2.12. The predicted molar refractivity (Wildman–Crippen MR) is 69.2 cm³/mol. The van der Waals surface area contributed by atoms with Crippen LogP contribution in [-0.2, 0) is 11.8 Å². The molecule has 0 bridgehead atoms. The van der Waals surface area contributed by atoms with E-state index in [1.165, 1.54) is 0 Å². The van der Waals surface area contributed by atoms with Gasteiger partial charge in [0, 0.05) is 39.0 Å². The lowest BCUT2D eigenvalue weighted by atomic mass is 10.2. The number of rotatable bonds is 4. The van der Waals surface area contributed by atoms with Crippen molar-refractivity contribution in [2.75, 3.05) is 19.5 Å². The van der Waals surface area contributed by atoms with E-state index < -0.39 is 0 Å². The number of nitrogens with zero attached hydrogens (tertiary/aromatic N) is 4. The topological polar surface area (TPSA) is 64.9 Å². The van der Waals surface area contributed by atoms with E-state index >= 15 is 0 Å². The molecule has 0 aliphatic carbocycles. The van der Waals surface area contributed by atoms with Gasteiger partial charge in [0.1, 0.15) is 11.9 Å². The van der Waals surface area contributed by atoms with Gasteiger partial charge in [0.25, 0.3) is 0 Å². The molecule has 2 rings (SSSR count). The molecule has 0 saturated carbocycles. The summed E-state index contributed by atoms with van der Waals surface area (Å²) in [5.41, 5.74) is 1.79. The lowest BCUT2D eigenvalue weighted by Gasteiger charge is -2.11. The van der Waals surface area contributed by atoms with Crippen molar-refractivity contribution >= 4 is 5.82 Å². The molecule has 0 spiro atoms. The van der Waals surface area contributed by atoms with E-state index in [1.807, 2.05) is 33.3 Å². The Hall–Kier alpha value is -1.95. The number of aromatic nitrogens is 4. The van der Waals surface area contributed by atoms with E-state index in [9.17, 15) is 0 Å². The summed E-state index contributed by atoms with van der Waals surface area (Å²) >= 11 is 0. The van der Waals surface area contributed by atoms with E-state index in [0.717, 1.165) is 17.1 Å². The second kappa shape index (κ2) is 5.14. The van der Waals surface area contributed by atoms with Gasteiger partial charge >= 0.3 is 0 Å². The van der Waals surface area contributed by atoms with Gasteiger partial charge in [0.2, 0.25) is 0 Å². The molecule has 0 amide bonds. The van der Waals surface area contributed by atoms with Crippen LogP contribution in [0.2, 0.25) is 0 Å². The van der Waals surface area contributed by atoms with Gasteiger partial charge in [-0.15, -0.1) is 0 Å². The Labute approximate surface area is 106 Å². The molecular weight excluding hydrogens is 230 g/mol. The van der Waals surface area contributed by atoms with Crippen molar-refractivity contribution in [1.29, 1.82) is 0 Å². The normalized spacial score (nSPS) is 12.4. The highest BCUT2D eigenvalue weighted by atomic mass is 16.5. The lowest BCUT2D eigenvalue weighted by molar-refractivity contribution is 0.112. The molecule has 6 heteroatoms. The zero-order chi connectivity index (χ0) is 13.1. The van der Waals surface area contributed by atoms with E-state index in [4.69, 9.17) is 4.74 Å². The predicted octanol–water partition coefficient (Wildman–Crippen LogP) is 1.63. The molecule has 0 saturated heterocycles. The van der Waals surface area contributed by atoms with Crippen molar-refractivity contribution in [1.82, 2.24) is 19.7 Å². The van der Waals surface area contributed by atoms with E-state index in [1.54, 1.807) is 18.0 Å². The first kappa shape index (κ1) is 12.5. The van der Waals surface area contributed by atoms with Crippen LogP contribution in [0.25, 0.3) is 11.3 Å². The molecule has 1 atom stereocenters. The average molecular weight is 247 g/mol. The van der Waals surface area contributed by atoms with Gasteiger partial charge < -0.3 is 10.1 Å². The van der Waals surface area contributed by atoms with Crippen LogP contribution in [0.5, 0.6) is 0 Å². The first-order valence-electron chi connectivity index (χ1n) is 5.72. The SMILES string of the molecule is CNc1cc(-c2cnn(C)c2)nc(C(C)OC)n1. The molecular formula is C12H17N5O. The Morgan fingerprint density at radius 2 is 2.17 bits per heavy atom. The number of aryl methyl sites for hydroxylation is 1. The van der Waals surface area contributed by atoms with Crippen molar-refractivity contribution < 1.29 is 4.74 Å². The van der Waals surface area contributed by atoms with Crippen LogP contribution in [0.3, 0.4) is 0 Å². The standard InChI is InChI=1S/C12H17N5O/c1-8(18-4)12-15-10(5-11(13-2)16-12)9-6-14-17(3)7-9/h5-8H,1-4H3,(H,13,15,16). The molecule has 2 aromatic heterocycles. The van der Waals surface area contributed by atoms with Gasteiger partial charge in [-0.05, 0) is 6.92 Å². The minimum Gasteiger partial charge on any atom is -0.374 e. The van der Waals surface area contributed by atoms with Crippen LogP contribution in [-0.4, -0.2) is 33.9 Å². The first-order chi connectivity index (χ1) is 8.63. The maximum atomic E-state index is 5.26. The van der Waals surface area contributed by atoms with E-state index in [2.05, 4.69) is 20.4 Å². The van der Waals surface area contributed by atoms with E-state index in [-0.39, 0.29) is 6.10 Å². The van der Waals surface area contributed by atoms with Crippen LogP contribution < -0.4 is 5.32 Å². The zero-order valence-electron chi connectivity index (χ0n) is 11.0. The smallest absolute Gasteiger partial charge is 0.159 e. The molecule has 2 heterocycles. The molecule has 0 aliphatic rings. The number of hydrogen-bond acceptors (Lipinski definition) is 5. The summed E-state index contributed by atoms with van der Waals surface area (Å²) in [6, 6.07) is 1.89. The second-order valence-corrected chi connectivity index (χ2v) is 4.03.